The summed E-state index contributed by atoms with van der Waals surface area (Å²) in [6.45, 7) is 2.12. The minimum atomic E-state index is 1.05. The maximum atomic E-state index is 6.92. The van der Waals surface area contributed by atoms with E-state index in [0.29, 0.717) is 0 Å². The zero-order valence-electron chi connectivity index (χ0n) is 5.35. The molecule has 0 radical (unpaired) electrons. The van der Waals surface area contributed by atoms with Gasteiger partial charge in [0, 0.05) is 16.0 Å². The van der Waals surface area contributed by atoms with E-state index in [2.05, 4.69) is 13.0 Å². The molecule has 0 amide bonds. The van der Waals surface area contributed by atoms with Crippen molar-refractivity contribution in [1.82, 2.24) is 0 Å². The summed E-state index contributed by atoms with van der Waals surface area (Å²) in [5.41, 5.74) is 0. The van der Waals surface area contributed by atoms with Crippen LogP contribution in [0.1, 0.15) is 16.7 Å². The van der Waals surface area contributed by atoms with Gasteiger partial charge in [-0.05, 0) is 18.6 Å². The van der Waals surface area contributed by atoms with Gasteiger partial charge in [-0.25, -0.2) is 0 Å². The van der Waals surface area contributed by atoms with Crippen LogP contribution in [0.25, 0.3) is 0 Å². The molecule has 0 unspecified atom stereocenters. The molecule has 0 atom stereocenters. The Balaban J connectivity index is 2.86. The van der Waals surface area contributed by atoms with Crippen LogP contribution in [0.3, 0.4) is 0 Å². The van der Waals surface area contributed by atoms with Crippen molar-refractivity contribution >= 4 is 17.6 Å². The quantitative estimate of drug-likeness (QED) is 0.608. The summed E-state index contributed by atoms with van der Waals surface area (Å²) >= 11 is 1.69. The predicted molar refractivity (Wildman–Crippen MR) is 41.6 cm³/mol. The monoisotopic (exact) mass is 139 g/mol. The molecular weight excluding hydrogens is 130 g/mol. The Bertz CT molecular complexity index is 202. The summed E-state index contributed by atoms with van der Waals surface area (Å²) in [5, 5.41) is 6.92. The average molecular weight is 139 g/mol. The Morgan fingerprint density at radius 3 is 2.78 bits per heavy atom. The van der Waals surface area contributed by atoms with E-state index in [9.17, 15) is 0 Å². The molecule has 0 aliphatic carbocycles. The molecule has 1 rings (SSSR count). The van der Waals surface area contributed by atoms with Gasteiger partial charge < -0.3 is 5.41 Å². The van der Waals surface area contributed by atoms with Crippen molar-refractivity contribution in [3.05, 3.63) is 21.9 Å². The standard InChI is InChI=1S/C7H9NS/c1-2-6-3-4-7(5-8)9-6/h3-5,8H,2H2,1H3. The minimum Gasteiger partial charge on any atom is -0.307 e. The lowest BCUT2D eigenvalue weighted by atomic mass is 10.4. The Hall–Kier alpha value is -0.630. The summed E-state index contributed by atoms with van der Waals surface area (Å²) < 4.78 is 0. The molecule has 1 aromatic heterocycles. The van der Waals surface area contributed by atoms with Crippen molar-refractivity contribution in [3.63, 3.8) is 0 Å². The van der Waals surface area contributed by atoms with Gasteiger partial charge in [0.15, 0.2) is 0 Å². The highest BCUT2D eigenvalue weighted by Gasteiger charge is 1.92. The maximum Gasteiger partial charge on any atom is 0.0448 e. The first kappa shape index (κ1) is 6.49. The van der Waals surface area contributed by atoms with Crippen LogP contribution in [0.5, 0.6) is 0 Å². The van der Waals surface area contributed by atoms with Crippen molar-refractivity contribution in [3.8, 4) is 0 Å². The molecule has 1 nitrogen and oxygen atoms in total. The highest BCUT2D eigenvalue weighted by atomic mass is 32.1. The summed E-state index contributed by atoms with van der Waals surface area (Å²) in [6, 6.07) is 4.06. The van der Waals surface area contributed by atoms with E-state index in [1.54, 1.807) is 11.3 Å². The molecule has 9 heavy (non-hydrogen) atoms. The number of aryl methyl sites for hydroxylation is 1. The van der Waals surface area contributed by atoms with Crippen molar-refractivity contribution in [2.45, 2.75) is 13.3 Å². The summed E-state index contributed by atoms with van der Waals surface area (Å²) in [4.78, 5) is 2.40. The molecule has 1 N–H and O–H groups in total. The summed E-state index contributed by atoms with van der Waals surface area (Å²) in [7, 11) is 0. The Labute approximate surface area is 58.9 Å². The van der Waals surface area contributed by atoms with Gasteiger partial charge in [-0.15, -0.1) is 11.3 Å². The zero-order chi connectivity index (χ0) is 6.69. The topological polar surface area (TPSA) is 23.9 Å². The summed E-state index contributed by atoms with van der Waals surface area (Å²) in [5.74, 6) is 0. The van der Waals surface area contributed by atoms with Crippen molar-refractivity contribution < 1.29 is 0 Å². The zero-order valence-corrected chi connectivity index (χ0v) is 6.16. The first-order valence-corrected chi connectivity index (χ1v) is 3.77. The number of hydrogen-bond donors (Lipinski definition) is 1. The van der Waals surface area contributed by atoms with Crippen LogP contribution in [0.15, 0.2) is 12.1 Å². The molecular formula is C7H9NS. The largest absolute Gasteiger partial charge is 0.307 e. The molecule has 0 aliphatic rings. The second kappa shape index (κ2) is 2.78. The molecule has 1 heterocycles. The van der Waals surface area contributed by atoms with Crippen molar-refractivity contribution in [2.75, 3.05) is 0 Å². The van der Waals surface area contributed by atoms with Crippen LogP contribution in [-0.2, 0) is 6.42 Å². The van der Waals surface area contributed by atoms with Crippen LogP contribution in [0.2, 0.25) is 0 Å². The van der Waals surface area contributed by atoms with Crippen LogP contribution in [0, 0.1) is 5.41 Å². The predicted octanol–water partition coefficient (Wildman–Crippen LogP) is 2.31. The molecule has 0 fully saturated rings. The fourth-order valence-electron chi connectivity index (χ4n) is 0.662. The molecule has 0 aliphatic heterocycles. The molecule has 1 aromatic rings. The highest BCUT2D eigenvalue weighted by Crippen LogP contribution is 2.13. The van der Waals surface area contributed by atoms with Gasteiger partial charge in [0.25, 0.3) is 0 Å². The second-order valence-electron chi connectivity index (χ2n) is 1.80. The average Bonchev–Trinajstić information content (AvgIpc) is 2.34. The minimum absolute atomic E-state index is 1.05. The molecule has 0 saturated heterocycles. The van der Waals surface area contributed by atoms with E-state index < -0.39 is 0 Å². The molecule has 48 valence electrons. The lowest BCUT2D eigenvalue weighted by Gasteiger charge is -1.80. The second-order valence-corrected chi connectivity index (χ2v) is 3.00. The molecule has 2 heteroatoms. The van der Waals surface area contributed by atoms with E-state index in [4.69, 9.17) is 5.41 Å². The first-order chi connectivity index (χ1) is 4.36. The normalized spacial score (nSPS) is 9.44. The van der Waals surface area contributed by atoms with Gasteiger partial charge in [0.05, 0.1) is 0 Å². The van der Waals surface area contributed by atoms with Crippen molar-refractivity contribution in [1.29, 1.82) is 5.41 Å². The fraction of sp³-hybridized carbons (Fsp3) is 0.286. The third-order valence-electron chi connectivity index (χ3n) is 1.17. The Morgan fingerprint density at radius 1 is 1.67 bits per heavy atom. The highest BCUT2D eigenvalue weighted by molar-refractivity contribution is 7.13. The molecule has 0 saturated carbocycles. The molecule has 0 bridgehead atoms. The van der Waals surface area contributed by atoms with Gasteiger partial charge in [0.1, 0.15) is 0 Å². The van der Waals surface area contributed by atoms with Crippen LogP contribution >= 0.6 is 11.3 Å². The number of thiophene rings is 1. The Morgan fingerprint density at radius 2 is 2.44 bits per heavy atom. The van der Waals surface area contributed by atoms with Gasteiger partial charge in [-0.2, -0.15) is 0 Å². The molecule has 0 aromatic carbocycles. The SMILES string of the molecule is CCc1ccc(C=N)s1. The molecule has 0 spiro atoms. The number of nitrogens with one attached hydrogen (secondary N) is 1. The van der Waals surface area contributed by atoms with Crippen molar-refractivity contribution in [2.24, 2.45) is 0 Å². The third-order valence-corrected chi connectivity index (χ3v) is 2.35. The van der Waals surface area contributed by atoms with Gasteiger partial charge >= 0.3 is 0 Å². The van der Waals surface area contributed by atoms with E-state index in [1.807, 2.05) is 6.07 Å². The van der Waals surface area contributed by atoms with Gasteiger partial charge in [-0.1, -0.05) is 6.92 Å². The first-order valence-electron chi connectivity index (χ1n) is 2.96. The number of hydrogen-bond acceptors (Lipinski definition) is 2. The third kappa shape index (κ3) is 1.39. The maximum absolute atomic E-state index is 6.92. The van der Waals surface area contributed by atoms with E-state index in [1.165, 1.54) is 11.1 Å². The van der Waals surface area contributed by atoms with Gasteiger partial charge in [-0.3, -0.25) is 0 Å². The smallest absolute Gasteiger partial charge is 0.0448 e. The van der Waals surface area contributed by atoms with E-state index in [0.717, 1.165) is 11.3 Å². The number of rotatable bonds is 2. The summed E-state index contributed by atoms with van der Waals surface area (Å²) in [6.07, 6.45) is 2.47. The van der Waals surface area contributed by atoms with Crippen LogP contribution in [0.4, 0.5) is 0 Å². The Kier molecular flexibility index (Phi) is 2.01. The van der Waals surface area contributed by atoms with Crippen LogP contribution in [-0.4, -0.2) is 6.21 Å². The lowest BCUT2D eigenvalue weighted by Crippen LogP contribution is -1.65. The fourth-order valence-corrected chi connectivity index (χ4v) is 1.44. The van der Waals surface area contributed by atoms with Crippen LogP contribution < -0.4 is 0 Å². The van der Waals surface area contributed by atoms with Gasteiger partial charge in [0.2, 0.25) is 0 Å². The lowest BCUT2D eigenvalue weighted by molar-refractivity contribution is 1.19. The van der Waals surface area contributed by atoms with E-state index >= 15 is 0 Å². The van der Waals surface area contributed by atoms with E-state index in [-0.39, 0.29) is 0 Å².